The molecule has 1 aliphatic rings. The monoisotopic (exact) mass is 313 g/mol. The van der Waals surface area contributed by atoms with E-state index in [1.54, 1.807) is 18.2 Å². The van der Waals surface area contributed by atoms with Crippen molar-refractivity contribution in [2.45, 2.75) is 5.25 Å². The highest BCUT2D eigenvalue weighted by atomic mass is 35.5. The summed E-state index contributed by atoms with van der Waals surface area (Å²) >= 11 is 9.78. The third-order valence-corrected chi connectivity index (χ3v) is 5.68. The van der Waals surface area contributed by atoms with Crippen molar-refractivity contribution in [3.05, 3.63) is 29.0 Å². The van der Waals surface area contributed by atoms with Gasteiger partial charge in [0.05, 0.1) is 5.25 Å². The molecule has 2 N–H and O–H groups in total. The fourth-order valence-electron chi connectivity index (χ4n) is 1.86. The Morgan fingerprint density at radius 1 is 1.32 bits per heavy atom. The molecule has 100 valence electrons. The average Bonchev–Trinajstić information content (AvgIpc) is 2.88. The molecule has 0 amide bonds. The van der Waals surface area contributed by atoms with Crippen molar-refractivity contribution in [2.24, 2.45) is 0 Å². The van der Waals surface area contributed by atoms with Crippen LogP contribution in [0.5, 0.6) is 0 Å². The number of hydrogen-bond donors (Lipinski definition) is 1. The van der Waals surface area contributed by atoms with E-state index < -0.39 is 0 Å². The van der Waals surface area contributed by atoms with Gasteiger partial charge in [-0.25, -0.2) is 0 Å². The molecule has 1 aromatic heterocycles. The molecule has 7 heteroatoms. The first-order chi connectivity index (χ1) is 9.22. The van der Waals surface area contributed by atoms with Crippen molar-refractivity contribution in [3.63, 3.8) is 0 Å². The van der Waals surface area contributed by atoms with Crippen LogP contribution in [0.2, 0.25) is 5.02 Å². The smallest absolute Gasteiger partial charge is 0.258 e. The molecule has 4 nitrogen and oxygen atoms in total. The van der Waals surface area contributed by atoms with Crippen molar-refractivity contribution >= 4 is 40.8 Å². The van der Waals surface area contributed by atoms with E-state index in [2.05, 4.69) is 10.1 Å². The number of halogens is 1. The molecule has 0 aliphatic carbocycles. The Morgan fingerprint density at radius 3 is 2.95 bits per heavy atom. The standard InChI is InChI=1S/C12H12ClN3OS2/c13-8-3-7(4-9(14)5-8)12-15-11(16-17-12)10-6-18-1-2-19-10/h3-5,10H,1-2,6,14H2. The van der Waals surface area contributed by atoms with Gasteiger partial charge in [-0.05, 0) is 18.2 Å². The highest BCUT2D eigenvalue weighted by Gasteiger charge is 2.22. The van der Waals surface area contributed by atoms with Gasteiger partial charge in [-0.2, -0.15) is 16.7 Å². The van der Waals surface area contributed by atoms with Crippen molar-refractivity contribution in [3.8, 4) is 11.5 Å². The van der Waals surface area contributed by atoms with Crippen LogP contribution >= 0.6 is 35.1 Å². The lowest BCUT2D eigenvalue weighted by atomic mass is 10.2. The van der Waals surface area contributed by atoms with Crippen LogP contribution in [0.15, 0.2) is 22.7 Å². The zero-order chi connectivity index (χ0) is 13.2. The fourth-order valence-corrected chi connectivity index (χ4v) is 4.69. The summed E-state index contributed by atoms with van der Waals surface area (Å²) in [5, 5.41) is 4.95. The molecule has 0 radical (unpaired) electrons. The summed E-state index contributed by atoms with van der Waals surface area (Å²) in [4.78, 5) is 4.46. The van der Waals surface area contributed by atoms with Gasteiger partial charge in [0.15, 0.2) is 5.82 Å². The molecule has 2 heterocycles. The average molecular weight is 314 g/mol. The van der Waals surface area contributed by atoms with E-state index in [-0.39, 0.29) is 0 Å². The predicted octanol–water partition coefficient (Wildman–Crippen LogP) is 3.49. The topological polar surface area (TPSA) is 64.9 Å². The van der Waals surface area contributed by atoms with E-state index in [9.17, 15) is 0 Å². The van der Waals surface area contributed by atoms with Gasteiger partial charge in [-0.1, -0.05) is 16.8 Å². The summed E-state index contributed by atoms with van der Waals surface area (Å²) in [6, 6.07) is 5.25. The Balaban J connectivity index is 1.87. The van der Waals surface area contributed by atoms with Crippen molar-refractivity contribution in [1.82, 2.24) is 10.1 Å². The Morgan fingerprint density at radius 2 is 2.21 bits per heavy atom. The number of nitrogens with two attached hydrogens (primary N) is 1. The molecule has 1 atom stereocenters. The minimum atomic E-state index is 0.313. The molecule has 1 saturated heterocycles. The van der Waals surface area contributed by atoms with Gasteiger partial charge in [0.25, 0.3) is 5.89 Å². The summed E-state index contributed by atoms with van der Waals surface area (Å²) in [5.41, 5.74) is 7.11. The Hall–Kier alpha value is -0.850. The second kappa shape index (κ2) is 5.64. The van der Waals surface area contributed by atoms with Crippen LogP contribution < -0.4 is 5.73 Å². The first-order valence-corrected chi connectivity index (χ1v) is 8.40. The number of thioether (sulfide) groups is 2. The van der Waals surface area contributed by atoms with Crippen LogP contribution in [0.4, 0.5) is 5.69 Å². The molecule has 0 saturated carbocycles. The Labute approximate surface area is 124 Å². The van der Waals surface area contributed by atoms with Crippen LogP contribution in [-0.2, 0) is 0 Å². The zero-order valence-electron chi connectivity index (χ0n) is 10.0. The second-order valence-electron chi connectivity index (χ2n) is 4.17. The molecule has 1 unspecified atom stereocenters. The van der Waals surface area contributed by atoms with Crippen LogP contribution in [0.25, 0.3) is 11.5 Å². The minimum Gasteiger partial charge on any atom is -0.399 e. The first-order valence-electron chi connectivity index (χ1n) is 5.82. The van der Waals surface area contributed by atoms with Gasteiger partial charge >= 0.3 is 0 Å². The maximum Gasteiger partial charge on any atom is 0.258 e. The van der Waals surface area contributed by atoms with Gasteiger partial charge in [-0.3, -0.25) is 0 Å². The van der Waals surface area contributed by atoms with Crippen LogP contribution in [0, 0.1) is 0 Å². The van der Waals surface area contributed by atoms with E-state index in [1.165, 1.54) is 5.75 Å². The lowest BCUT2D eigenvalue weighted by Crippen LogP contribution is -2.07. The van der Waals surface area contributed by atoms with Crippen LogP contribution in [-0.4, -0.2) is 27.4 Å². The number of aromatic nitrogens is 2. The van der Waals surface area contributed by atoms with E-state index in [0.29, 0.717) is 21.9 Å². The largest absolute Gasteiger partial charge is 0.399 e. The maximum atomic E-state index is 5.98. The number of anilines is 1. The highest BCUT2D eigenvalue weighted by molar-refractivity contribution is 8.06. The summed E-state index contributed by atoms with van der Waals surface area (Å²) in [7, 11) is 0. The fraction of sp³-hybridized carbons (Fsp3) is 0.333. The van der Waals surface area contributed by atoms with Crippen LogP contribution in [0.3, 0.4) is 0 Å². The van der Waals surface area contributed by atoms with E-state index in [4.69, 9.17) is 21.9 Å². The number of nitrogens with zero attached hydrogens (tertiary/aromatic N) is 2. The normalized spacial score (nSPS) is 19.5. The third kappa shape index (κ3) is 3.01. The van der Waals surface area contributed by atoms with Gasteiger partial charge in [0, 0.05) is 33.5 Å². The molecule has 0 spiro atoms. The quantitative estimate of drug-likeness (QED) is 0.856. The Bertz CT molecular complexity index is 564. The van der Waals surface area contributed by atoms with E-state index in [1.807, 2.05) is 23.5 Å². The Kier molecular flexibility index (Phi) is 3.91. The SMILES string of the molecule is Nc1cc(Cl)cc(-c2nc(C3CSCCS3)no2)c1. The second-order valence-corrected chi connectivity index (χ2v) is 7.06. The number of benzene rings is 1. The lowest BCUT2D eigenvalue weighted by molar-refractivity contribution is 0.423. The number of hydrogen-bond acceptors (Lipinski definition) is 6. The molecule has 3 rings (SSSR count). The molecule has 1 aliphatic heterocycles. The summed E-state index contributed by atoms with van der Waals surface area (Å²) in [5.74, 6) is 4.58. The molecular formula is C12H12ClN3OS2. The molecule has 2 aromatic rings. The van der Waals surface area contributed by atoms with Gasteiger partial charge in [0.1, 0.15) is 0 Å². The molecule has 1 aromatic carbocycles. The lowest BCUT2D eigenvalue weighted by Gasteiger charge is -2.16. The molecule has 0 bridgehead atoms. The molecule has 1 fully saturated rings. The molecule has 19 heavy (non-hydrogen) atoms. The highest BCUT2D eigenvalue weighted by Crippen LogP contribution is 2.36. The van der Waals surface area contributed by atoms with Gasteiger partial charge in [-0.15, -0.1) is 11.8 Å². The van der Waals surface area contributed by atoms with Crippen molar-refractivity contribution in [1.29, 1.82) is 0 Å². The first kappa shape index (κ1) is 13.1. The summed E-state index contributed by atoms with van der Waals surface area (Å²) in [6.45, 7) is 0. The van der Waals surface area contributed by atoms with Gasteiger partial charge in [0.2, 0.25) is 0 Å². The zero-order valence-corrected chi connectivity index (χ0v) is 12.4. The third-order valence-electron chi connectivity index (χ3n) is 2.71. The summed E-state index contributed by atoms with van der Waals surface area (Å²) in [6.07, 6.45) is 0. The summed E-state index contributed by atoms with van der Waals surface area (Å²) < 4.78 is 5.32. The van der Waals surface area contributed by atoms with Crippen molar-refractivity contribution < 1.29 is 4.52 Å². The van der Waals surface area contributed by atoms with Gasteiger partial charge < -0.3 is 10.3 Å². The maximum absolute atomic E-state index is 5.98. The minimum absolute atomic E-state index is 0.313. The predicted molar refractivity (Wildman–Crippen MR) is 81.7 cm³/mol. The van der Waals surface area contributed by atoms with Crippen LogP contribution in [0.1, 0.15) is 11.1 Å². The number of nitrogen functional groups attached to an aromatic ring is 1. The van der Waals surface area contributed by atoms with Crippen molar-refractivity contribution in [2.75, 3.05) is 23.0 Å². The number of rotatable bonds is 2. The molecular weight excluding hydrogens is 302 g/mol. The van der Waals surface area contributed by atoms with E-state index >= 15 is 0 Å². The van der Waals surface area contributed by atoms with E-state index in [0.717, 1.165) is 22.9 Å².